The van der Waals surface area contributed by atoms with Crippen LogP contribution in [0.15, 0.2) is 18.5 Å². The number of carboxylic acid groups (broad SMARTS) is 1. The zero-order chi connectivity index (χ0) is 14.0. The Bertz CT molecular complexity index is 638. The molecule has 0 saturated carbocycles. The Kier molecular flexibility index (Phi) is 3.46. The fourth-order valence-corrected chi connectivity index (χ4v) is 1.62. The summed E-state index contributed by atoms with van der Waals surface area (Å²) in [6, 6.07) is 2.31. The number of fused-ring (bicyclic) bond motifs is 1. The van der Waals surface area contributed by atoms with Crippen LogP contribution in [-0.4, -0.2) is 33.5 Å². The number of carboxylic acids is 1. The molecular formula is C12H12FN3O3. The first-order valence-corrected chi connectivity index (χ1v) is 5.62. The zero-order valence-electron chi connectivity index (χ0n) is 10.1. The molecule has 2 rings (SSSR count). The van der Waals surface area contributed by atoms with Gasteiger partial charge in [-0.1, -0.05) is 6.92 Å². The second-order valence-corrected chi connectivity index (χ2v) is 4.20. The average molecular weight is 265 g/mol. The number of aromatic amines is 1. The molecule has 0 aliphatic carbocycles. The van der Waals surface area contributed by atoms with Gasteiger partial charge in [0.05, 0.1) is 23.3 Å². The average Bonchev–Trinajstić information content (AvgIpc) is 2.81. The zero-order valence-corrected chi connectivity index (χ0v) is 10.1. The molecule has 1 aromatic carbocycles. The topological polar surface area (TPSA) is 95.1 Å². The van der Waals surface area contributed by atoms with Crippen molar-refractivity contribution in [1.29, 1.82) is 0 Å². The lowest BCUT2D eigenvalue weighted by Crippen LogP contribution is -2.31. The molecule has 1 aromatic heterocycles. The number of benzene rings is 1. The number of imidazole rings is 1. The second-order valence-electron chi connectivity index (χ2n) is 4.20. The summed E-state index contributed by atoms with van der Waals surface area (Å²) in [5.74, 6) is -2.84. The molecule has 0 saturated heterocycles. The lowest BCUT2D eigenvalue weighted by molar-refractivity contribution is -0.140. The van der Waals surface area contributed by atoms with Crippen molar-refractivity contribution in [3.05, 3.63) is 29.8 Å². The third kappa shape index (κ3) is 2.70. The van der Waals surface area contributed by atoms with Crippen molar-refractivity contribution in [3.63, 3.8) is 0 Å². The van der Waals surface area contributed by atoms with E-state index in [-0.39, 0.29) is 12.1 Å². The molecule has 1 atom stereocenters. The smallest absolute Gasteiger partial charge is 0.308 e. The van der Waals surface area contributed by atoms with E-state index in [9.17, 15) is 14.0 Å². The summed E-state index contributed by atoms with van der Waals surface area (Å²) in [5.41, 5.74) is 0.840. The number of hydrogen-bond donors (Lipinski definition) is 3. The molecular weight excluding hydrogens is 253 g/mol. The third-order valence-corrected chi connectivity index (χ3v) is 2.72. The highest BCUT2D eigenvalue weighted by Gasteiger charge is 2.16. The van der Waals surface area contributed by atoms with Crippen LogP contribution in [0.1, 0.15) is 17.3 Å². The Balaban J connectivity index is 2.21. The molecule has 0 aliphatic rings. The SMILES string of the molecule is CC(CNC(=O)c1cc(F)cc2[nH]cnc12)C(=O)O. The molecule has 3 N–H and O–H groups in total. The first kappa shape index (κ1) is 13.0. The van der Waals surface area contributed by atoms with Crippen LogP contribution in [0.3, 0.4) is 0 Å². The van der Waals surface area contributed by atoms with Gasteiger partial charge < -0.3 is 15.4 Å². The summed E-state index contributed by atoms with van der Waals surface area (Å²) in [7, 11) is 0. The predicted molar refractivity (Wildman–Crippen MR) is 65.2 cm³/mol. The summed E-state index contributed by atoms with van der Waals surface area (Å²) in [4.78, 5) is 29.2. The highest BCUT2D eigenvalue weighted by molar-refractivity contribution is 6.04. The molecule has 0 fully saturated rings. The van der Waals surface area contributed by atoms with E-state index in [1.165, 1.54) is 19.3 Å². The molecule has 100 valence electrons. The Morgan fingerprint density at radius 1 is 1.53 bits per heavy atom. The van der Waals surface area contributed by atoms with Crippen LogP contribution in [0.2, 0.25) is 0 Å². The molecule has 0 bridgehead atoms. The summed E-state index contributed by atoms with van der Waals surface area (Å²) in [6.07, 6.45) is 1.36. The highest BCUT2D eigenvalue weighted by Crippen LogP contribution is 2.17. The number of nitrogens with one attached hydrogen (secondary N) is 2. The van der Waals surface area contributed by atoms with Gasteiger partial charge in [-0.05, 0) is 12.1 Å². The van der Waals surface area contributed by atoms with E-state index < -0.39 is 23.6 Å². The minimum Gasteiger partial charge on any atom is -0.481 e. The van der Waals surface area contributed by atoms with E-state index in [0.717, 1.165) is 6.07 Å². The number of H-pyrrole nitrogens is 1. The molecule has 2 aromatic rings. The lowest BCUT2D eigenvalue weighted by Gasteiger charge is -2.08. The number of rotatable bonds is 4. The molecule has 1 amide bonds. The van der Waals surface area contributed by atoms with Gasteiger partial charge in [0.25, 0.3) is 5.91 Å². The minimum absolute atomic E-state index is 0.0312. The van der Waals surface area contributed by atoms with Gasteiger partial charge in [-0.3, -0.25) is 9.59 Å². The van der Waals surface area contributed by atoms with E-state index in [1.807, 2.05) is 0 Å². The largest absolute Gasteiger partial charge is 0.481 e. The number of carbonyl (C=O) groups is 2. The molecule has 6 nitrogen and oxygen atoms in total. The minimum atomic E-state index is -1.01. The second kappa shape index (κ2) is 5.05. The van der Waals surface area contributed by atoms with Crippen molar-refractivity contribution in [2.75, 3.05) is 6.54 Å². The molecule has 19 heavy (non-hydrogen) atoms. The predicted octanol–water partition coefficient (Wildman–Crippen LogP) is 1.15. The number of hydrogen-bond acceptors (Lipinski definition) is 3. The van der Waals surface area contributed by atoms with Crippen LogP contribution in [0.25, 0.3) is 11.0 Å². The highest BCUT2D eigenvalue weighted by atomic mass is 19.1. The Morgan fingerprint density at radius 3 is 2.95 bits per heavy atom. The van der Waals surface area contributed by atoms with E-state index >= 15 is 0 Å². The number of aromatic nitrogens is 2. The van der Waals surface area contributed by atoms with Gasteiger partial charge >= 0.3 is 5.97 Å². The molecule has 7 heteroatoms. The Morgan fingerprint density at radius 2 is 2.26 bits per heavy atom. The maximum atomic E-state index is 13.3. The molecule has 0 radical (unpaired) electrons. The molecule has 0 aliphatic heterocycles. The summed E-state index contributed by atoms with van der Waals surface area (Å²) >= 11 is 0. The van der Waals surface area contributed by atoms with Gasteiger partial charge in [-0.2, -0.15) is 0 Å². The van der Waals surface area contributed by atoms with E-state index in [2.05, 4.69) is 15.3 Å². The van der Waals surface area contributed by atoms with Crippen molar-refractivity contribution < 1.29 is 19.1 Å². The normalized spacial score (nSPS) is 12.3. The number of nitrogens with zero attached hydrogens (tertiary/aromatic N) is 1. The fraction of sp³-hybridized carbons (Fsp3) is 0.250. The summed E-state index contributed by atoms with van der Waals surface area (Å²) in [5, 5.41) is 11.2. The van der Waals surface area contributed by atoms with Gasteiger partial charge in [-0.25, -0.2) is 9.37 Å². The summed E-state index contributed by atoms with van der Waals surface area (Å²) < 4.78 is 13.3. The number of amides is 1. The van der Waals surface area contributed by atoms with E-state index in [4.69, 9.17) is 5.11 Å². The third-order valence-electron chi connectivity index (χ3n) is 2.72. The van der Waals surface area contributed by atoms with Gasteiger partial charge in [0, 0.05) is 6.54 Å². The molecule has 1 heterocycles. The van der Waals surface area contributed by atoms with Crippen molar-refractivity contribution in [2.24, 2.45) is 5.92 Å². The van der Waals surface area contributed by atoms with Gasteiger partial charge in [0.2, 0.25) is 0 Å². The van der Waals surface area contributed by atoms with Gasteiger partial charge in [0.15, 0.2) is 0 Å². The van der Waals surface area contributed by atoms with Crippen molar-refractivity contribution in [1.82, 2.24) is 15.3 Å². The molecule has 1 unspecified atom stereocenters. The summed E-state index contributed by atoms with van der Waals surface area (Å²) in [6.45, 7) is 1.44. The number of carbonyl (C=O) groups excluding carboxylic acids is 1. The Labute approximate surface area is 107 Å². The van der Waals surface area contributed by atoms with Crippen LogP contribution in [0.4, 0.5) is 4.39 Å². The first-order valence-electron chi connectivity index (χ1n) is 5.62. The maximum Gasteiger partial charge on any atom is 0.308 e. The van der Waals surface area contributed by atoms with Crippen LogP contribution < -0.4 is 5.32 Å². The number of halogens is 1. The van der Waals surface area contributed by atoms with Crippen LogP contribution >= 0.6 is 0 Å². The first-order chi connectivity index (χ1) is 8.99. The Hall–Kier alpha value is -2.44. The maximum absolute atomic E-state index is 13.3. The van der Waals surface area contributed by atoms with Crippen LogP contribution in [0.5, 0.6) is 0 Å². The molecule has 0 spiro atoms. The van der Waals surface area contributed by atoms with Crippen LogP contribution in [0, 0.1) is 11.7 Å². The standard InChI is InChI=1S/C12H12FN3O3/c1-6(12(18)19)4-14-11(17)8-2-7(13)3-9-10(8)16-5-15-9/h2-3,5-6H,4H2,1H3,(H,14,17)(H,15,16)(H,18,19). The van der Waals surface area contributed by atoms with E-state index in [0.29, 0.717) is 11.0 Å². The van der Waals surface area contributed by atoms with Gasteiger partial charge in [-0.15, -0.1) is 0 Å². The quantitative estimate of drug-likeness (QED) is 0.772. The van der Waals surface area contributed by atoms with Crippen molar-refractivity contribution >= 4 is 22.9 Å². The van der Waals surface area contributed by atoms with Gasteiger partial charge in [0.1, 0.15) is 11.3 Å². The van der Waals surface area contributed by atoms with Crippen molar-refractivity contribution in [3.8, 4) is 0 Å². The van der Waals surface area contributed by atoms with E-state index in [1.54, 1.807) is 0 Å². The fourth-order valence-electron chi connectivity index (χ4n) is 1.62. The monoisotopic (exact) mass is 265 g/mol. The van der Waals surface area contributed by atoms with Crippen LogP contribution in [-0.2, 0) is 4.79 Å². The number of aliphatic carboxylic acids is 1. The van der Waals surface area contributed by atoms with Crippen molar-refractivity contribution in [2.45, 2.75) is 6.92 Å². The lowest BCUT2D eigenvalue weighted by atomic mass is 10.1.